The number of hydrogen-bond donors (Lipinski definition) is 0. The lowest BCUT2D eigenvalue weighted by Gasteiger charge is -2.09. The van der Waals surface area contributed by atoms with Crippen LogP contribution in [0.15, 0.2) is 6.07 Å². The first-order valence-corrected chi connectivity index (χ1v) is 4.07. The van der Waals surface area contributed by atoms with Crippen LogP contribution in [0.4, 0.5) is 13.2 Å². The zero-order chi connectivity index (χ0) is 9.47. The van der Waals surface area contributed by atoms with Gasteiger partial charge in [0.1, 0.15) is 12.7 Å². The molecule has 2 rings (SSSR count). The Labute approximate surface area is 73.4 Å². The Kier molecular flexibility index (Phi) is 1.82. The molecule has 71 valence electrons. The minimum absolute atomic E-state index is 0.279. The summed E-state index contributed by atoms with van der Waals surface area (Å²) in [4.78, 5) is 0. The van der Waals surface area contributed by atoms with Gasteiger partial charge < -0.3 is 0 Å². The van der Waals surface area contributed by atoms with Crippen LogP contribution >= 0.6 is 0 Å². The maximum Gasteiger partial charge on any atom is 0.408 e. The van der Waals surface area contributed by atoms with Crippen LogP contribution in [0.2, 0.25) is 0 Å². The summed E-state index contributed by atoms with van der Waals surface area (Å²) in [5.74, 6) is 0.279. The second-order valence-electron chi connectivity index (χ2n) is 3.25. The van der Waals surface area contributed by atoms with Crippen molar-refractivity contribution < 1.29 is 13.2 Å². The third kappa shape index (κ3) is 2.02. The van der Waals surface area contributed by atoms with Gasteiger partial charge in [-0.1, -0.05) is 0 Å². The summed E-state index contributed by atoms with van der Waals surface area (Å²) in [7, 11) is 0. The Morgan fingerprint density at radius 3 is 2.77 bits per heavy atom. The summed E-state index contributed by atoms with van der Waals surface area (Å²) in [6.45, 7) is -0.998. The smallest absolute Gasteiger partial charge is 0.259 e. The second-order valence-corrected chi connectivity index (χ2v) is 3.25. The molecule has 13 heavy (non-hydrogen) atoms. The zero-order valence-electron chi connectivity index (χ0n) is 6.80. The predicted molar refractivity (Wildman–Crippen MR) is 39.1 cm³/mol. The molecule has 0 unspecified atom stereocenters. The van der Waals surface area contributed by atoms with Gasteiger partial charge in [0.05, 0.1) is 0 Å². The molecule has 0 aromatic carbocycles. The second kappa shape index (κ2) is 2.75. The molecule has 1 radical (unpaired) electrons. The SMILES string of the molecule is FC(F)(F)Cn1n[c]cc1C1CC1. The molecule has 1 fully saturated rings. The van der Waals surface area contributed by atoms with Crippen molar-refractivity contribution in [3.05, 3.63) is 18.0 Å². The fourth-order valence-electron chi connectivity index (χ4n) is 1.30. The lowest BCUT2D eigenvalue weighted by Crippen LogP contribution is -2.20. The van der Waals surface area contributed by atoms with Crippen molar-refractivity contribution in [3.63, 3.8) is 0 Å². The van der Waals surface area contributed by atoms with Gasteiger partial charge in [0, 0.05) is 11.6 Å². The third-order valence-corrected chi connectivity index (χ3v) is 2.01. The summed E-state index contributed by atoms with van der Waals surface area (Å²) in [6, 6.07) is 1.55. The van der Waals surface area contributed by atoms with Crippen LogP contribution in [0, 0.1) is 6.20 Å². The minimum atomic E-state index is -4.19. The van der Waals surface area contributed by atoms with E-state index in [2.05, 4.69) is 11.3 Å². The quantitative estimate of drug-likeness (QED) is 0.696. The minimum Gasteiger partial charge on any atom is -0.259 e. The predicted octanol–water partition coefficient (Wildman–Crippen LogP) is 2.12. The Morgan fingerprint density at radius 1 is 1.54 bits per heavy atom. The first kappa shape index (κ1) is 8.59. The van der Waals surface area contributed by atoms with Crippen LogP contribution < -0.4 is 0 Å². The fraction of sp³-hybridized carbons (Fsp3) is 0.625. The molecule has 0 amide bonds. The Bertz CT molecular complexity index is 299. The van der Waals surface area contributed by atoms with Gasteiger partial charge in [0.25, 0.3) is 0 Å². The summed E-state index contributed by atoms with van der Waals surface area (Å²) in [6.07, 6.45) is 0.204. The van der Waals surface area contributed by atoms with Crippen molar-refractivity contribution in [2.24, 2.45) is 0 Å². The summed E-state index contributed by atoms with van der Waals surface area (Å²) in [5.41, 5.74) is 0.664. The van der Waals surface area contributed by atoms with E-state index in [9.17, 15) is 13.2 Å². The molecule has 0 aliphatic heterocycles. The van der Waals surface area contributed by atoms with Crippen LogP contribution in [0.25, 0.3) is 0 Å². The average Bonchev–Trinajstić information content (AvgIpc) is 2.72. The van der Waals surface area contributed by atoms with E-state index < -0.39 is 12.7 Å². The summed E-state index contributed by atoms with van der Waals surface area (Å²) < 4.78 is 37.0. The Morgan fingerprint density at radius 2 is 2.23 bits per heavy atom. The van der Waals surface area contributed by atoms with Crippen molar-refractivity contribution >= 4 is 0 Å². The van der Waals surface area contributed by atoms with Crippen LogP contribution in [0.1, 0.15) is 24.5 Å². The van der Waals surface area contributed by atoms with Gasteiger partial charge in [-0.15, -0.1) is 0 Å². The number of alkyl halides is 3. The Hall–Kier alpha value is -1.00. The largest absolute Gasteiger partial charge is 0.408 e. The summed E-state index contributed by atoms with van der Waals surface area (Å²) in [5, 5.41) is 3.53. The molecular weight excluding hydrogens is 181 g/mol. The molecule has 1 aromatic rings. The van der Waals surface area contributed by atoms with Gasteiger partial charge in [-0.2, -0.15) is 18.3 Å². The number of aromatic nitrogens is 2. The molecular formula is C8H8F3N2. The van der Waals surface area contributed by atoms with Crippen molar-refractivity contribution in [3.8, 4) is 0 Å². The third-order valence-electron chi connectivity index (χ3n) is 2.01. The van der Waals surface area contributed by atoms with E-state index >= 15 is 0 Å². The van der Waals surface area contributed by atoms with Gasteiger partial charge in [0.15, 0.2) is 0 Å². The van der Waals surface area contributed by atoms with Crippen molar-refractivity contribution in [1.29, 1.82) is 0 Å². The van der Waals surface area contributed by atoms with Crippen LogP contribution in [0.3, 0.4) is 0 Å². The van der Waals surface area contributed by atoms with Crippen molar-refractivity contribution in [2.45, 2.75) is 31.5 Å². The molecule has 0 saturated heterocycles. The van der Waals surface area contributed by atoms with Crippen LogP contribution in [0.5, 0.6) is 0 Å². The highest BCUT2D eigenvalue weighted by molar-refractivity contribution is 5.13. The van der Waals surface area contributed by atoms with E-state index in [0.717, 1.165) is 17.5 Å². The molecule has 1 aliphatic rings. The molecule has 1 aliphatic carbocycles. The number of rotatable bonds is 2. The number of nitrogens with zero attached hydrogens (tertiary/aromatic N) is 2. The van der Waals surface area contributed by atoms with Crippen LogP contribution in [-0.2, 0) is 6.54 Å². The zero-order valence-corrected chi connectivity index (χ0v) is 6.80. The van der Waals surface area contributed by atoms with E-state index in [1.807, 2.05) is 0 Å². The van der Waals surface area contributed by atoms with E-state index in [1.165, 1.54) is 0 Å². The van der Waals surface area contributed by atoms with Gasteiger partial charge in [-0.3, -0.25) is 4.68 Å². The normalized spacial score (nSPS) is 17.8. The molecule has 0 bridgehead atoms. The molecule has 5 heteroatoms. The molecule has 1 aromatic heterocycles. The number of hydrogen-bond acceptors (Lipinski definition) is 1. The highest BCUT2D eigenvalue weighted by Gasteiger charge is 2.33. The maximum absolute atomic E-state index is 12.0. The lowest BCUT2D eigenvalue weighted by atomic mass is 10.3. The van der Waals surface area contributed by atoms with E-state index in [0.29, 0.717) is 5.69 Å². The van der Waals surface area contributed by atoms with Gasteiger partial charge in [-0.25, -0.2) is 0 Å². The monoisotopic (exact) mass is 189 g/mol. The molecule has 0 atom stereocenters. The lowest BCUT2D eigenvalue weighted by molar-refractivity contribution is -0.143. The van der Waals surface area contributed by atoms with E-state index in [1.54, 1.807) is 6.07 Å². The molecule has 2 nitrogen and oxygen atoms in total. The Balaban J connectivity index is 2.15. The van der Waals surface area contributed by atoms with E-state index in [4.69, 9.17) is 0 Å². The van der Waals surface area contributed by atoms with E-state index in [-0.39, 0.29) is 5.92 Å². The molecule has 0 spiro atoms. The van der Waals surface area contributed by atoms with Gasteiger partial charge >= 0.3 is 6.18 Å². The standard InChI is InChI=1S/C8H8F3N2/c9-8(10,11)5-13-7(3-4-12-13)6-1-2-6/h3,6H,1-2,5H2. The molecule has 1 saturated carbocycles. The first-order valence-electron chi connectivity index (χ1n) is 4.07. The molecule has 1 heterocycles. The van der Waals surface area contributed by atoms with Gasteiger partial charge in [-0.05, 0) is 18.9 Å². The van der Waals surface area contributed by atoms with Gasteiger partial charge in [0.2, 0.25) is 0 Å². The van der Waals surface area contributed by atoms with Crippen molar-refractivity contribution in [2.75, 3.05) is 0 Å². The van der Waals surface area contributed by atoms with Crippen LogP contribution in [-0.4, -0.2) is 16.0 Å². The number of halogens is 3. The summed E-state index contributed by atoms with van der Waals surface area (Å²) >= 11 is 0. The maximum atomic E-state index is 12.0. The highest BCUT2D eigenvalue weighted by Crippen LogP contribution is 2.40. The average molecular weight is 189 g/mol. The highest BCUT2D eigenvalue weighted by atomic mass is 19.4. The first-order chi connectivity index (χ1) is 6.06. The van der Waals surface area contributed by atoms with Crippen molar-refractivity contribution in [1.82, 2.24) is 9.78 Å². The molecule has 0 N–H and O–H groups in total. The fourth-order valence-corrected chi connectivity index (χ4v) is 1.30. The topological polar surface area (TPSA) is 17.8 Å².